The Labute approximate surface area is 131 Å². The molecule has 104 valence electrons. The predicted molar refractivity (Wildman–Crippen MR) is 79.5 cm³/mol. The molecule has 0 fully saturated rings. The van der Waals surface area contributed by atoms with Crippen molar-refractivity contribution in [1.82, 2.24) is 0 Å². The number of carboxylic acid groups (broad SMARTS) is 1. The molecule has 0 unspecified atom stereocenters. The summed E-state index contributed by atoms with van der Waals surface area (Å²) in [4.78, 5) is 11.1. The Morgan fingerprint density at radius 3 is 2.60 bits per heavy atom. The van der Waals surface area contributed by atoms with E-state index in [1.165, 1.54) is 6.07 Å². The second-order valence-corrected chi connectivity index (χ2v) is 5.74. The number of carboxylic acids is 1. The summed E-state index contributed by atoms with van der Waals surface area (Å²) in [6, 6.07) is 8.84. The molecule has 0 saturated carbocycles. The minimum absolute atomic E-state index is 0.0274. The van der Waals surface area contributed by atoms with Crippen LogP contribution in [0.25, 0.3) is 0 Å². The van der Waals surface area contributed by atoms with Gasteiger partial charge in [0.1, 0.15) is 18.2 Å². The molecule has 0 spiro atoms. The van der Waals surface area contributed by atoms with Crippen molar-refractivity contribution in [3.63, 3.8) is 0 Å². The zero-order valence-corrected chi connectivity index (χ0v) is 13.2. The average molecular weight is 404 g/mol. The molecule has 20 heavy (non-hydrogen) atoms. The zero-order valence-electron chi connectivity index (χ0n) is 10.1. The number of aromatic carboxylic acids is 1. The van der Waals surface area contributed by atoms with Gasteiger partial charge in [0.15, 0.2) is 0 Å². The minimum Gasteiger partial charge on any atom is -0.488 e. The van der Waals surface area contributed by atoms with E-state index in [-0.39, 0.29) is 17.7 Å². The van der Waals surface area contributed by atoms with Crippen LogP contribution in [0.15, 0.2) is 45.3 Å². The number of benzene rings is 2. The second-order valence-electron chi connectivity index (χ2n) is 3.97. The summed E-state index contributed by atoms with van der Waals surface area (Å²) in [7, 11) is 0. The first-order valence-electron chi connectivity index (χ1n) is 5.57. The van der Waals surface area contributed by atoms with Crippen molar-refractivity contribution in [2.75, 3.05) is 0 Å². The predicted octanol–water partition coefficient (Wildman–Crippen LogP) is 4.63. The highest BCUT2D eigenvalue weighted by Crippen LogP contribution is 2.29. The van der Waals surface area contributed by atoms with E-state index in [1.807, 2.05) is 0 Å². The van der Waals surface area contributed by atoms with E-state index < -0.39 is 11.8 Å². The molecule has 0 heterocycles. The van der Waals surface area contributed by atoms with Crippen LogP contribution < -0.4 is 4.74 Å². The molecular formula is C14H9Br2FO3. The SMILES string of the molecule is O=C(O)c1ccc(F)cc1COc1ccc(Br)cc1Br. The molecule has 0 amide bonds. The number of carbonyl (C=O) groups is 1. The standard InChI is InChI=1S/C14H9Br2FO3/c15-9-1-4-13(12(16)6-9)20-7-8-5-10(17)2-3-11(8)14(18)19/h1-6H,7H2,(H,18,19). The van der Waals surface area contributed by atoms with Crippen molar-refractivity contribution in [1.29, 1.82) is 0 Å². The van der Waals surface area contributed by atoms with Crippen LogP contribution in [0.1, 0.15) is 15.9 Å². The monoisotopic (exact) mass is 402 g/mol. The molecule has 2 aromatic carbocycles. The van der Waals surface area contributed by atoms with E-state index in [0.29, 0.717) is 5.75 Å². The van der Waals surface area contributed by atoms with Gasteiger partial charge in [-0.3, -0.25) is 0 Å². The van der Waals surface area contributed by atoms with Crippen LogP contribution in [0.4, 0.5) is 4.39 Å². The van der Waals surface area contributed by atoms with Gasteiger partial charge in [0.2, 0.25) is 0 Å². The van der Waals surface area contributed by atoms with E-state index in [0.717, 1.165) is 21.1 Å². The van der Waals surface area contributed by atoms with E-state index in [1.54, 1.807) is 18.2 Å². The van der Waals surface area contributed by atoms with Crippen molar-refractivity contribution in [3.8, 4) is 5.75 Å². The largest absolute Gasteiger partial charge is 0.488 e. The fourth-order valence-corrected chi connectivity index (χ4v) is 2.80. The van der Waals surface area contributed by atoms with Gasteiger partial charge < -0.3 is 9.84 Å². The lowest BCUT2D eigenvalue weighted by molar-refractivity contribution is 0.0694. The van der Waals surface area contributed by atoms with Crippen LogP contribution in [0.3, 0.4) is 0 Å². The van der Waals surface area contributed by atoms with E-state index in [4.69, 9.17) is 9.84 Å². The molecule has 2 aromatic rings. The maximum Gasteiger partial charge on any atom is 0.336 e. The molecule has 0 bridgehead atoms. The van der Waals surface area contributed by atoms with Crippen molar-refractivity contribution < 1.29 is 19.0 Å². The van der Waals surface area contributed by atoms with Crippen molar-refractivity contribution in [2.24, 2.45) is 0 Å². The molecule has 0 atom stereocenters. The molecule has 0 aliphatic carbocycles. The quantitative estimate of drug-likeness (QED) is 0.809. The van der Waals surface area contributed by atoms with E-state index >= 15 is 0 Å². The van der Waals surface area contributed by atoms with Gasteiger partial charge in [-0.15, -0.1) is 0 Å². The molecule has 0 radical (unpaired) electrons. The maximum absolute atomic E-state index is 13.2. The normalized spacial score (nSPS) is 10.3. The third-order valence-electron chi connectivity index (χ3n) is 2.57. The summed E-state index contributed by atoms with van der Waals surface area (Å²) < 4.78 is 20.3. The lowest BCUT2D eigenvalue weighted by Gasteiger charge is -2.10. The van der Waals surface area contributed by atoms with Gasteiger partial charge >= 0.3 is 5.97 Å². The molecule has 0 aromatic heterocycles. The molecule has 2 rings (SSSR count). The summed E-state index contributed by atoms with van der Waals surface area (Å²) in [5.41, 5.74) is 0.312. The van der Waals surface area contributed by atoms with Crippen LogP contribution in [0, 0.1) is 5.82 Å². The second kappa shape index (κ2) is 6.37. The Hall–Kier alpha value is -1.40. The first kappa shape index (κ1) is 15.0. The fraction of sp³-hybridized carbons (Fsp3) is 0.0714. The Kier molecular flexibility index (Phi) is 4.77. The van der Waals surface area contributed by atoms with Crippen LogP contribution >= 0.6 is 31.9 Å². The smallest absolute Gasteiger partial charge is 0.336 e. The summed E-state index contributed by atoms with van der Waals surface area (Å²) in [6.45, 7) is -0.0281. The van der Waals surface area contributed by atoms with Crippen molar-refractivity contribution in [3.05, 3.63) is 62.3 Å². The van der Waals surface area contributed by atoms with Gasteiger partial charge in [-0.05, 0) is 52.3 Å². The highest BCUT2D eigenvalue weighted by Gasteiger charge is 2.12. The Morgan fingerprint density at radius 1 is 1.20 bits per heavy atom. The first-order chi connectivity index (χ1) is 9.47. The Bertz CT molecular complexity index is 659. The van der Waals surface area contributed by atoms with Gasteiger partial charge in [0.25, 0.3) is 0 Å². The molecule has 3 nitrogen and oxygen atoms in total. The molecular weight excluding hydrogens is 395 g/mol. The topological polar surface area (TPSA) is 46.5 Å². The van der Waals surface area contributed by atoms with E-state index in [2.05, 4.69) is 31.9 Å². The number of hydrogen-bond acceptors (Lipinski definition) is 2. The molecule has 0 saturated heterocycles. The number of ether oxygens (including phenoxy) is 1. The Morgan fingerprint density at radius 2 is 1.95 bits per heavy atom. The van der Waals surface area contributed by atoms with Gasteiger partial charge in [-0.2, -0.15) is 0 Å². The number of halogens is 3. The third kappa shape index (κ3) is 3.58. The lowest BCUT2D eigenvalue weighted by atomic mass is 10.1. The van der Waals surface area contributed by atoms with Gasteiger partial charge in [-0.1, -0.05) is 15.9 Å². The Balaban J connectivity index is 2.22. The van der Waals surface area contributed by atoms with Gasteiger partial charge in [-0.25, -0.2) is 9.18 Å². The van der Waals surface area contributed by atoms with Crippen LogP contribution in [-0.4, -0.2) is 11.1 Å². The summed E-state index contributed by atoms with van der Waals surface area (Å²) in [6.07, 6.45) is 0. The summed E-state index contributed by atoms with van der Waals surface area (Å²) in [5, 5.41) is 9.05. The van der Waals surface area contributed by atoms with E-state index in [9.17, 15) is 9.18 Å². The maximum atomic E-state index is 13.2. The van der Waals surface area contributed by atoms with Crippen LogP contribution in [-0.2, 0) is 6.61 Å². The van der Waals surface area contributed by atoms with Gasteiger partial charge in [0, 0.05) is 10.0 Å². The number of rotatable bonds is 4. The zero-order chi connectivity index (χ0) is 14.7. The van der Waals surface area contributed by atoms with Crippen molar-refractivity contribution in [2.45, 2.75) is 6.61 Å². The summed E-state index contributed by atoms with van der Waals surface area (Å²) in [5.74, 6) is -1.06. The van der Waals surface area contributed by atoms with Crippen molar-refractivity contribution >= 4 is 37.8 Å². The molecule has 6 heteroatoms. The van der Waals surface area contributed by atoms with Crippen LogP contribution in [0.5, 0.6) is 5.75 Å². The van der Waals surface area contributed by atoms with Gasteiger partial charge in [0.05, 0.1) is 10.0 Å². The minimum atomic E-state index is -1.11. The highest BCUT2D eigenvalue weighted by atomic mass is 79.9. The first-order valence-corrected chi connectivity index (χ1v) is 7.15. The highest BCUT2D eigenvalue weighted by molar-refractivity contribution is 9.11. The molecule has 0 aliphatic rings. The third-order valence-corrected chi connectivity index (χ3v) is 3.69. The average Bonchev–Trinajstić information content (AvgIpc) is 2.37. The fourth-order valence-electron chi connectivity index (χ4n) is 1.64. The van der Waals surface area contributed by atoms with Crippen LogP contribution in [0.2, 0.25) is 0 Å². The lowest BCUT2D eigenvalue weighted by Crippen LogP contribution is -2.06. The molecule has 0 aliphatic heterocycles. The molecule has 1 N–H and O–H groups in total. The number of hydrogen-bond donors (Lipinski definition) is 1. The summed E-state index contributed by atoms with van der Waals surface area (Å²) >= 11 is 6.66.